The van der Waals surface area contributed by atoms with Gasteiger partial charge in [-0.3, -0.25) is 14.4 Å². The second-order valence-corrected chi connectivity index (χ2v) is 6.81. The molecule has 0 heterocycles. The molecule has 5 heteroatoms. The molecular weight excluding hydrogens is 272 g/mol. The monoisotopic (exact) mass is 300 g/mol. The fourth-order valence-electron chi connectivity index (χ4n) is 1.95. The molecule has 122 valence electrons. The van der Waals surface area contributed by atoms with Gasteiger partial charge >= 0.3 is 11.9 Å². The average Bonchev–Trinajstić information content (AvgIpc) is 2.35. The molecule has 0 amide bonds. The van der Waals surface area contributed by atoms with Gasteiger partial charge < -0.3 is 10.2 Å². The Labute approximate surface area is 126 Å². The summed E-state index contributed by atoms with van der Waals surface area (Å²) in [5, 5.41) is 17.8. The average molecular weight is 300 g/mol. The van der Waals surface area contributed by atoms with Crippen LogP contribution in [-0.2, 0) is 14.4 Å². The summed E-state index contributed by atoms with van der Waals surface area (Å²) in [5.74, 6) is -1.54. The number of aliphatic carboxylic acids is 2. The molecule has 0 aromatic heterocycles. The summed E-state index contributed by atoms with van der Waals surface area (Å²) >= 11 is 0. The molecule has 0 aliphatic rings. The topological polar surface area (TPSA) is 91.7 Å². The molecule has 0 unspecified atom stereocenters. The number of Topliss-reactive ketones (excluding diaryl/α,β-unsaturated/α-hetero) is 1. The van der Waals surface area contributed by atoms with Crippen LogP contribution in [0.5, 0.6) is 0 Å². The number of carbonyl (C=O) groups excluding carboxylic acids is 1. The van der Waals surface area contributed by atoms with Gasteiger partial charge in [0.05, 0.1) is 5.41 Å². The minimum Gasteiger partial charge on any atom is -0.481 e. The summed E-state index contributed by atoms with van der Waals surface area (Å²) in [4.78, 5) is 33.4. The molecule has 0 atom stereocenters. The van der Waals surface area contributed by atoms with E-state index in [1.54, 1.807) is 13.8 Å². The molecule has 5 nitrogen and oxygen atoms in total. The Kier molecular flexibility index (Phi) is 7.61. The molecule has 0 fully saturated rings. The van der Waals surface area contributed by atoms with Crippen LogP contribution in [0.15, 0.2) is 0 Å². The fraction of sp³-hybridized carbons (Fsp3) is 0.812. The van der Waals surface area contributed by atoms with Crippen LogP contribution in [0.25, 0.3) is 0 Å². The molecule has 0 bridgehead atoms. The summed E-state index contributed by atoms with van der Waals surface area (Å²) in [7, 11) is 0. The Morgan fingerprint density at radius 2 is 1.33 bits per heavy atom. The van der Waals surface area contributed by atoms with Crippen molar-refractivity contribution in [3.63, 3.8) is 0 Å². The van der Waals surface area contributed by atoms with Gasteiger partial charge in [-0.2, -0.15) is 0 Å². The van der Waals surface area contributed by atoms with E-state index in [0.717, 1.165) is 6.42 Å². The van der Waals surface area contributed by atoms with Crippen LogP contribution in [0.2, 0.25) is 0 Å². The largest absolute Gasteiger partial charge is 0.481 e. The van der Waals surface area contributed by atoms with Crippen LogP contribution < -0.4 is 0 Å². The molecule has 0 aliphatic carbocycles. The van der Waals surface area contributed by atoms with Crippen molar-refractivity contribution < 1.29 is 24.6 Å². The van der Waals surface area contributed by atoms with Crippen molar-refractivity contribution in [2.24, 2.45) is 10.8 Å². The molecular formula is C16H28O5. The van der Waals surface area contributed by atoms with E-state index >= 15 is 0 Å². The molecule has 0 aromatic carbocycles. The molecule has 0 aromatic rings. The lowest BCUT2D eigenvalue weighted by atomic mass is 9.65. The van der Waals surface area contributed by atoms with Gasteiger partial charge in [0.15, 0.2) is 0 Å². The zero-order chi connectivity index (χ0) is 16.7. The standard InChI is InChI=1S/C16H28O5/c1-15(2,16(3,4)14(20)21)11-10-12(17)8-6-5-7-9-13(18)19/h5-11H2,1-4H3,(H,18,19)(H,20,21). The van der Waals surface area contributed by atoms with Crippen molar-refractivity contribution in [2.75, 3.05) is 0 Å². The minimum atomic E-state index is -0.880. The number of carbonyl (C=O) groups is 3. The molecule has 0 aliphatic heterocycles. The van der Waals surface area contributed by atoms with Crippen molar-refractivity contribution in [2.45, 2.75) is 72.6 Å². The number of hydrogen-bond acceptors (Lipinski definition) is 3. The molecule has 0 rings (SSSR count). The third-order valence-electron chi connectivity index (χ3n) is 4.60. The third-order valence-corrected chi connectivity index (χ3v) is 4.60. The van der Waals surface area contributed by atoms with E-state index in [4.69, 9.17) is 5.11 Å². The highest BCUT2D eigenvalue weighted by Gasteiger charge is 2.43. The predicted octanol–water partition coefficient (Wildman–Crippen LogP) is 3.51. The Morgan fingerprint density at radius 1 is 0.810 bits per heavy atom. The van der Waals surface area contributed by atoms with Crippen LogP contribution in [0.4, 0.5) is 0 Å². The Balaban J connectivity index is 4.08. The summed E-state index contributed by atoms with van der Waals surface area (Å²) in [6, 6.07) is 0. The summed E-state index contributed by atoms with van der Waals surface area (Å²) < 4.78 is 0. The van der Waals surface area contributed by atoms with Crippen LogP contribution in [0, 0.1) is 10.8 Å². The Hall–Kier alpha value is -1.39. The van der Waals surface area contributed by atoms with E-state index in [2.05, 4.69) is 0 Å². The number of unbranched alkanes of at least 4 members (excludes halogenated alkanes) is 2. The van der Waals surface area contributed by atoms with Gasteiger partial charge in [0.2, 0.25) is 0 Å². The normalized spacial score (nSPS) is 12.2. The number of ketones is 1. The molecule has 21 heavy (non-hydrogen) atoms. The predicted molar refractivity (Wildman–Crippen MR) is 80.2 cm³/mol. The van der Waals surface area contributed by atoms with Crippen LogP contribution >= 0.6 is 0 Å². The highest BCUT2D eigenvalue weighted by molar-refractivity contribution is 5.79. The van der Waals surface area contributed by atoms with E-state index in [9.17, 15) is 19.5 Å². The van der Waals surface area contributed by atoms with Crippen LogP contribution in [-0.4, -0.2) is 27.9 Å². The van der Waals surface area contributed by atoms with E-state index in [-0.39, 0.29) is 12.2 Å². The SMILES string of the molecule is CC(C)(CCC(=O)CCCCCC(=O)O)C(C)(C)C(=O)O. The highest BCUT2D eigenvalue weighted by Crippen LogP contribution is 2.42. The molecule has 2 N–H and O–H groups in total. The van der Waals surface area contributed by atoms with Gasteiger partial charge in [0.25, 0.3) is 0 Å². The molecule has 0 spiro atoms. The van der Waals surface area contributed by atoms with E-state index in [1.165, 1.54) is 0 Å². The quantitative estimate of drug-likeness (QED) is 0.570. The number of carboxylic acids is 2. The van der Waals surface area contributed by atoms with Crippen LogP contribution in [0.3, 0.4) is 0 Å². The Bertz CT molecular complexity index is 382. The van der Waals surface area contributed by atoms with Crippen LogP contribution in [0.1, 0.15) is 72.6 Å². The first-order valence-corrected chi connectivity index (χ1v) is 7.47. The zero-order valence-electron chi connectivity index (χ0n) is 13.6. The lowest BCUT2D eigenvalue weighted by molar-refractivity contribution is -0.154. The number of hydrogen-bond donors (Lipinski definition) is 2. The lowest BCUT2D eigenvalue weighted by Crippen LogP contribution is -2.39. The van der Waals surface area contributed by atoms with Gasteiger partial charge in [-0.15, -0.1) is 0 Å². The minimum absolute atomic E-state index is 0.125. The van der Waals surface area contributed by atoms with Crippen molar-refractivity contribution in [3.05, 3.63) is 0 Å². The van der Waals surface area contributed by atoms with Gasteiger partial charge in [-0.25, -0.2) is 0 Å². The van der Waals surface area contributed by atoms with E-state index in [1.807, 2.05) is 13.8 Å². The van der Waals surface area contributed by atoms with Gasteiger partial charge in [-0.05, 0) is 38.5 Å². The Morgan fingerprint density at radius 3 is 1.81 bits per heavy atom. The third kappa shape index (κ3) is 6.74. The van der Waals surface area contributed by atoms with Gasteiger partial charge in [0, 0.05) is 19.3 Å². The maximum Gasteiger partial charge on any atom is 0.309 e. The first-order chi connectivity index (χ1) is 9.50. The second kappa shape index (κ2) is 8.15. The zero-order valence-corrected chi connectivity index (χ0v) is 13.6. The summed E-state index contributed by atoms with van der Waals surface area (Å²) in [6.45, 7) is 7.12. The van der Waals surface area contributed by atoms with Crippen molar-refractivity contribution in [3.8, 4) is 0 Å². The maximum atomic E-state index is 11.8. The number of rotatable bonds is 11. The summed E-state index contributed by atoms with van der Waals surface area (Å²) in [6.07, 6.45) is 3.55. The highest BCUT2D eigenvalue weighted by atomic mass is 16.4. The first kappa shape index (κ1) is 19.6. The van der Waals surface area contributed by atoms with E-state index in [0.29, 0.717) is 32.1 Å². The molecule has 0 saturated carbocycles. The second-order valence-electron chi connectivity index (χ2n) is 6.81. The summed E-state index contributed by atoms with van der Waals surface area (Å²) in [5.41, 5.74) is -1.34. The van der Waals surface area contributed by atoms with Crippen molar-refractivity contribution in [1.82, 2.24) is 0 Å². The molecule has 0 radical (unpaired) electrons. The van der Waals surface area contributed by atoms with Crippen molar-refractivity contribution >= 4 is 17.7 Å². The van der Waals surface area contributed by atoms with E-state index < -0.39 is 22.8 Å². The fourth-order valence-corrected chi connectivity index (χ4v) is 1.95. The van der Waals surface area contributed by atoms with Gasteiger partial charge in [0.1, 0.15) is 5.78 Å². The van der Waals surface area contributed by atoms with Gasteiger partial charge in [-0.1, -0.05) is 20.3 Å². The first-order valence-electron chi connectivity index (χ1n) is 7.47. The lowest BCUT2D eigenvalue weighted by Gasteiger charge is -2.38. The smallest absolute Gasteiger partial charge is 0.309 e. The van der Waals surface area contributed by atoms with Crippen molar-refractivity contribution in [1.29, 1.82) is 0 Å². The number of carboxylic acid groups (broad SMARTS) is 2. The molecule has 0 saturated heterocycles. The maximum absolute atomic E-state index is 11.8.